The van der Waals surface area contributed by atoms with Gasteiger partial charge in [0.25, 0.3) is 0 Å². The van der Waals surface area contributed by atoms with Crippen LogP contribution in [0.3, 0.4) is 0 Å². The molecule has 6 aromatic rings. The van der Waals surface area contributed by atoms with Crippen LogP contribution in [0.1, 0.15) is 32.6 Å². The van der Waals surface area contributed by atoms with Crippen LogP contribution in [0.5, 0.6) is 11.5 Å². The van der Waals surface area contributed by atoms with E-state index in [-0.39, 0.29) is 12.6 Å². The summed E-state index contributed by atoms with van der Waals surface area (Å²) in [5.74, 6) is 1.12. The predicted octanol–water partition coefficient (Wildman–Crippen LogP) is 8.02. The van der Waals surface area contributed by atoms with Gasteiger partial charge in [0, 0.05) is 17.3 Å². The van der Waals surface area contributed by atoms with Crippen molar-refractivity contribution in [2.24, 2.45) is 0 Å². The number of aromatic nitrogens is 2. The van der Waals surface area contributed by atoms with Crippen molar-refractivity contribution in [3.8, 4) is 22.8 Å². The van der Waals surface area contributed by atoms with Crippen molar-refractivity contribution in [3.05, 3.63) is 180 Å². The molecule has 43 heavy (non-hydrogen) atoms. The highest BCUT2D eigenvalue weighted by molar-refractivity contribution is 6.07. The lowest BCUT2D eigenvalue weighted by Gasteiger charge is -2.37. The molecular weight excluding hydrogens is 532 g/mol. The maximum atomic E-state index is 13.1. The minimum Gasteiger partial charge on any atom is -0.454 e. The molecule has 0 radical (unpaired) electrons. The number of hydrogen-bond donors (Lipinski definition) is 0. The fourth-order valence-corrected chi connectivity index (χ4v) is 5.82. The van der Waals surface area contributed by atoms with Gasteiger partial charge in [0.2, 0.25) is 6.79 Å². The number of hydrogen-bond acceptors (Lipinski definition) is 4. The molecule has 0 saturated carbocycles. The molecule has 0 atom stereocenters. The van der Waals surface area contributed by atoms with E-state index in [9.17, 15) is 4.79 Å². The molecule has 0 saturated heterocycles. The van der Waals surface area contributed by atoms with E-state index in [4.69, 9.17) is 14.5 Å². The normalized spacial score (nSPS) is 12.5. The first-order chi connectivity index (χ1) is 21.2. The summed E-state index contributed by atoms with van der Waals surface area (Å²) in [6, 6.07) is 44.8. The number of benzene rings is 5. The van der Waals surface area contributed by atoms with E-state index < -0.39 is 5.54 Å². The molecule has 5 nitrogen and oxygen atoms in total. The Hall–Kier alpha value is -5.68. The maximum absolute atomic E-state index is 13.1. The van der Waals surface area contributed by atoms with Crippen molar-refractivity contribution in [2.45, 2.75) is 5.54 Å². The topological polar surface area (TPSA) is 53.4 Å². The van der Waals surface area contributed by atoms with Crippen molar-refractivity contribution >= 4 is 11.9 Å². The van der Waals surface area contributed by atoms with Crippen LogP contribution in [0.4, 0.5) is 0 Å². The van der Waals surface area contributed by atoms with E-state index in [1.54, 1.807) is 24.3 Å². The van der Waals surface area contributed by atoms with Crippen molar-refractivity contribution < 1.29 is 14.3 Å². The van der Waals surface area contributed by atoms with E-state index in [1.165, 1.54) is 0 Å². The summed E-state index contributed by atoms with van der Waals surface area (Å²) in [5.41, 5.74) is 5.89. The lowest BCUT2D eigenvalue weighted by Crippen LogP contribution is -2.36. The number of ketones is 1. The van der Waals surface area contributed by atoms with Crippen molar-refractivity contribution in [3.63, 3.8) is 0 Å². The highest BCUT2D eigenvalue weighted by Crippen LogP contribution is 2.41. The average molecular weight is 561 g/mol. The monoisotopic (exact) mass is 560 g/mol. The van der Waals surface area contributed by atoms with E-state index in [0.29, 0.717) is 17.1 Å². The SMILES string of the molecule is O=C(/C=C/c1ccccc1-c1cn(C(c2ccccc2)(c2ccccc2)c2ccccc2)cn1)c1ccc2c(c1)OCO2. The molecule has 0 fully saturated rings. The number of fused-ring (bicyclic) bond motifs is 1. The number of ether oxygens (including phenoxy) is 2. The van der Waals surface area contributed by atoms with Gasteiger partial charge in [-0.05, 0) is 46.5 Å². The minimum atomic E-state index is -0.658. The Bertz CT molecular complexity index is 1820. The van der Waals surface area contributed by atoms with Gasteiger partial charge in [-0.15, -0.1) is 0 Å². The number of rotatable bonds is 8. The van der Waals surface area contributed by atoms with Crippen LogP contribution in [0.25, 0.3) is 17.3 Å². The molecule has 1 aliphatic rings. The molecule has 0 N–H and O–H groups in total. The third kappa shape index (κ3) is 4.81. The first-order valence-electron chi connectivity index (χ1n) is 14.2. The molecule has 1 aromatic heterocycles. The third-order valence-electron chi connectivity index (χ3n) is 7.85. The summed E-state index contributed by atoms with van der Waals surface area (Å²) in [6.45, 7) is 0.170. The van der Waals surface area contributed by atoms with Gasteiger partial charge in [0.05, 0.1) is 12.0 Å². The van der Waals surface area contributed by atoms with Crippen molar-refractivity contribution in [1.82, 2.24) is 9.55 Å². The van der Waals surface area contributed by atoms with Gasteiger partial charge in [-0.2, -0.15) is 0 Å². The van der Waals surface area contributed by atoms with Gasteiger partial charge in [-0.3, -0.25) is 4.79 Å². The van der Waals surface area contributed by atoms with Crippen LogP contribution in [-0.4, -0.2) is 22.1 Å². The van der Waals surface area contributed by atoms with Crippen LogP contribution < -0.4 is 9.47 Å². The Kier molecular flexibility index (Phi) is 6.89. The van der Waals surface area contributed by atoms with Gasteiger partial charge in [-0.1, -0.05) is 121 Å². The summed E-state index contributed by atoms with van der Waals surface area (Å²) in [6.07, 6.45) is 7.44. The van der Waals surface area contributed by atoms with Crippen LogP contribution in [0.2, 0.25) is 0 Å². The van der Waals surface area contributed by atoms with Crippen molar-refractivity contribution in [1.29, 1.82) is 0 Å². The Balaban J connectivity index is 1.31. The molecule has 5 heteroatoms. The van der Waals surface area contributed by atoms with Crippen LogP contribution in [-0.2, 0) is 5.54 Å². The first kappa shape index (κ1) is 26.2. The molecule has 0 bridgehead atoms. The third-order valence-corrected chi connectivity index (χ3v) is 7.85. The Morgan fingerprint density at radius 3 is 1.93 bits per heavy atom. The van der Waals surface area contributed by atoms with Crippen LogP contribution in [0.15, 0.2) is 152 Å². The van der Waals surface area contributed by atoms with E-state index in [0.717, 1.165) is 33.5 Å². The minimum absolute atomic E-state index is 0.116. The van der Waals surface area contributed by atoms with E-state index in [2.05, 4.69) is 83.6 Å². The molecular formula is C38H28N2O3. The van der Waals surface area contributed by atoms with E-state index >= 15 is 0 Å². The molecule has 5 aromatic carbocycles. The largest absolute Gasteiger partial charge is 0.454 e. The lowest BCUT2D eigenvalue weighted by atomic mass is 9.77. The molecule has 0 aliphatic carbocycles. The van der Waals surface area contributed by atoms with Crippen LogP contribution in [0, 0.1) is 0 Å². The first-order valence-corrected chi connectivity index (χ1v) is 14.2. The second kappa shape index (κ2) is 11.3. The Morgan fingerprint density at radius 1 is 0.698 bits per heavy atom. The van der Waals surface area contributed by atoms with Crippen molar-refractivity contribution in [2.75, 3.05) is 6.79 Å². The second-order valence-corrected chi connectivity index (χ2v) is 10.3. The molecule has 1 aliphatic heterocycles. The van der Waals surface area contributed by atoms with Gasteiger partial charge >= 0.3 is 0 Å². The quantitative estimate of drug-likeness (QED) is 0.107. The zero-order valence-corrected chi connectivity index (χ0v) is 23.3. The van der Waals surface area contributed by atoms with Crippen LogP contribution >= 0.6 is 0 Å². The lowest BCUT2D eigenvalue weighted by molar-refractivity contribution is 0.104. The van der Waals surface area contributed by atoms with Gasteiger partial charge < -0.3 is 14.0 Å². The number of carbonyl (C=O) groups excluding carboxylic acids is 1. The summed E-state index contributed by atoms with van der Waals surface area (Å²) in [5, 5.41) is 0. The number of carbonyl (C=O) groups is 1. The maximum Gasteiger partial charge on any atom is 0.231 e. The van der Waals surface area contributed by atoms with Gasteiger partial charge in [0.1, 0.15) is 5.54 Å². The number of nitrogens with zero attached hydrogens (tertiary/aromatic N) is 2. The van der Waals surface area contributed by atoms with Gasteiger partial charge in [0.15, 0.2) is 17.3 Å². The van der Waals surface area contributed by atoms with E-state index in [1.807, 2.05) is 54.9 Å². The number of imidazole rings is 1. The summed E-state index contributed by atoms with van der Waals surface area (Å²) >= 11 is 0. The Labute approximate surface area is 250 Å². The Morgan fingerprint density at radius 2 is 1.28 bits per heavy atom. The molecule has 2 heterocycles. The molecule has 7 rings (SSSR count). The molecule has 0 spiro atoms. The highest BCUT2D eigenvalue weighted by atomic mass is 16.7. The standard InChI is InChI=1S/C38H28N2O3/c41-35(29-21-23-36-37(24-29)43-27-42-36)22-20-28-12-10-11-19-33(28)34-25-40(26-39-34)38(30-13-4-1-5-14-30,31-15-6-2-7-16-31)32-17-8-3-9-18-32/h1-26H,27H2/b22-20+. The predicted molar refractivity (Wildman–Crippen MR) is 168 cm³/mol. The molecule has 0 amide bonds. The second-order valence-electron chi connectivity index (χ2n) is 10.3. The zero-order chi connectivity index (χ0) is 29.1. The summed E-state index contributed by atoms with van der Waals surface area (Å²) < 4.78 is 13.0. The molecule has 0 unspecified atom stereocenters. The fourth-order valence-electron chi connectivity index (χ4n) is 5.82. The summed E-state index contributed by atoms with van der Waals surface area (Å²) in [7, 11) is 0. The zero-order valence-electron chi connectivity index (χ0n) is 23.3. The molecule has 208 valence electrons. The number of allylic oxidation sites excluding steroid dienone is 1. The van der Waals surface area contributed by atoms with Gasteiger partial charge in [-0.25, -0.2) is 4.98 Å². The smallest absolute Gasteiger partial charge is 0.231 e. The fraction of sp³-hybridized carbons (Fsp3) is 0.0526. The average Bonchev–Trinajstić information content (AvgIpc) is 3.76. The highest BCUT2D eigenvalue weighted by Gasteiger charge is 2.38. The summed E-state index contributed by atoms with van der Waals surface area (Å²) in [4.78, 5) is 18.0.